The molecule has 0 saturated heterocycles. The van der Waals surface area contributed by atoms with E-state index >= 15 is 0 Å². The van der Waals surface area contributed by atoms with Crippen molar-refractivity contribution in [2.24, 2.45) is 5.92 Å². The molecule has 4 nitrogen and oxygen atoms in total. The summed E-state index contributed by atoms with van der Waals surface area (Å²) in [5, 5.41) is 8.95. The van der Waals surface area contributed by atoms with Crippen LogP contribution in [0.1, 0.15) is 18.4 Å². The molecule has 1 saturated carbocycles. The van der Waals surface area contributed by atoms with Crippen molar-refractivity contribution >= 4 is 6.09 Å². The second-order valence-corrected chi connectivity index (χ2v) is 4.65. The van der Waals surface area contributed by atoms with E-state index < -0.39 is 0 Å². The minimum Gasteiger partial charge on any atom is -0.445 e. The van der Waals surface area contributed by atoms with E-state index in [1.165, 1.54) is 12.8 Å². The van der Waals surface area contributed by atoms with Crippen molar-refractivity contribution < 1.29 is 14.6 Å². The normalized spacial score (nSPS) is 14.3. The highest BCUT2D eigenvalue weighted by atomic mass is 16.6. The lowest BCUT2D eigenvalue weighted by atomic mass is 10.2. The molecule has 4 heteroatoms. The summed E-state index contributed by atoms with van der Waals surface area (Å²) in [5.41, 5.74) is 0.973. The smallest absolute Gasteiger partial charge is 0.410 e. The topological polar surface area (TPSA) is 49.8 Å². The fourth-order valence-electron chi connectivity index (χ4n) is 1.80. The second-order valence-electron chi connectivity index (χ2n) is 4.65. The van der Waals surface area contributed by atoms with E-state index in [9.17, 15) is 4.79 Å². The lowest BCUT2D eigenvalue weighted by molar-refractivity contribution is 0.0868. The maximum Gasteiger partial charge on any atom is 0.410 e. The molecule has 1 aromatic rings. The molecule has 18 heavy (non-hydrogen) atoms. The Labute approximate surface area is 107 Å². The first-order valence-corrected chi connectivity index (χ1v) is 6.36. The van der Waals surface area contributed by atoms with E-state index in [4.69, 9.17) is 9.84 Å². The fourth-order valence-corrected chi connectivity index (χ4v) is 1.80. The molecule has 1 N–H and O–H groups in total. The Balaban J connectivity index is 1.80. The standard InChI is InChI=1S/C14H19NO3/c16-9-8-15(10-12-6-7-12)14(17)18-11-13-4-2-1-3-5-13/h1-5,12,16H,6-11H2. The summed E-state index contributed by atoms with van der Waals surface area (Å²) in [5.74, 6) is 0.598. The van der Waals surface area contributed by atoms with Crippen LogP contribution in [0.3, 0.4) is 0 Å². The molecule has 0 aliphatic heterocycles. The number of hydrogen-bond acceptors (Lipinski definition) is 3. The molecule has 1 fully saturated rings. The van der Waals surface area contributed by atoms with Gasteiger partial charge in [-0.1, -0.05) is 30.3 Å². The molecule has 1 aromatic carbocycles. The zero-order chi connectivity index (χ0) is 12.8. The van der Waals surface area contributed by atoms with Crippen molar-refractivity contribution in [1.29, 1.82) is 0 Å². The average molecular weight is 249 g/mol. The van der Waals surface area contributed by atoms with Gasteiger partial charge in [-0.05, 0) is 24.3 Å². The van der Waals surface area contributed by atoms with E-state index in [2.05, 4.69) is 0 Å². The summed E-state index contributed by atoms with van der Waals surface area (Å²) >= 11 is 0. The Hall–Kier alpha value is -1.55. The van der Waals surface area contributed by atoms with Crippen LogP contribution in [0.15, 0.2) is 30.3 Å². The third kappa shape index (κ3) is 4.04. The third-order valence-electron chi connectivity index (χ3n) is 3.01. The maximum absolute atomic E-state index is 11.9. The van der Waals surface area contributed by atoms with Crippen LogP contribution < -0.4 is 0 Å². The maximum atomic E-state index is 11.9. The first-order chi connectivity index (χ1) is 8.79. The molecule has 2 rings (SSSR count). The molecule has 0 spiro atoms. The molecule has 1 amide bonds. The molecule has 0 heterocycles. The number of aliphatic hydroxyl groups excluding tert-OH is 1. The van der Waals surface area contributed by atoms with Gasteiger partial charge in [0.15, 0.2) is 0 Å². The summed E-state index contributed by atoms with van der Waals surface area (Å²) in [6.45, 7) is 1.32. The van der Waals surface area contributed by atoms with Crippen LogP contribution >= 0.6 is 0 Å². The van der Waals surface area contributed by atoms with Crippen molar-refractivity contribution in [2.45, 2.75) is 19.4 Å². The molecule has 0 radical (unpaired) electrons. The summed E-state index contributed by atoms with van der Waals surface area (Å²) in [4.78, 5) is 13.5. The van der Waals surface area contributed by atoms with Crippen molar-refractivity contribution in [2.75, 3.05) is 19.7 Å². The monoisotopic (exact) mass is 249 g/mol. The first-order valence-electron chi connectivity index (χ1n) is 6.36. The van der Waals surface area contributed by atoms with Crippen LogP contribution in [0.25, 0.3) is 0 Å². The number of rotatable bonds is 6. The number of nitrogens with zero attached hydrogens (tertiary/aromatic N) is 1. The van der Waals surface area contributed by atoms with E-state index in [0.29, 0.717) is 19.0 Å². The summed E-state index contributed by atoms with van der Waals surface area (Å²) in [7, 11) is 0. The lowest BCUT2D eigenvalue weighted by Crippen LogP contribution is -2.35. The summed E-state index contributed by atoms with van der Waals surface area (Å²) in [6, 6.07) is 9.60. The number of hydrogen-bond donors (Lipinski definition) is 1. The van der Waals surface area contributed by atoms with Gasteiger partial charge in [-0.2, -0.15) is 0 Å². The molecule has 98 valence electrons. The van der Waals surface area contributed by atoms with Crippen molar-refractivity contribution in [3.05, 3.63) is 35.9 Å². The third-order valence-corrected chi connectivity index (χ3v) is 3.01. The van der Waals surface area contributed by atoms with Crippen molar-refractivity contribution in [3.63, 3.8) is 0 Å². The minimum atomic E-state index is -0.334. The Morgan fingerprint density at radius 3 is 2.67 bits per heavy atom. The van der Waals surface area contributed by atoms with Gasteiger partial charge in [0.05, 0.1) is 6.61 Å². The Kier molecular flexibility index (Phi) is 4.59. The number of amides is 1. The predicted molar refractivity (Wildman–Crippen MR) is 68.0 cm³/mol. The van der Waals surface area contributed by atoms with Gasteiger partial charge in [-0.3, -0.25) is 0 Å². The Morgan fingerprint density at radius 2 is 2.06 bits per heavy atom. The molecular formula is C14H19NO3. The van der Waals surface area contributed by atoms with E-state index in [0.717, 1.165) is 5.56 Å². The van der Waals surface area contributed by atoms with Crippen molar-refractivity contribution in [1.82, 2.24) is 4.90 Å². The largest absolute Gasteiger partial charge is 0.445 e. The molecule has 0 unspecified atom stereocenters. The van der Waals surface area contributed by atoms with Gasteiger partial charge >= 0.3 is 6.09 Å². The number of benzene rings is 1. The number of carbonyl (C=O) groups excluding carboxylic acids is 1. The number of carbonyl (C=O) groups is 1. The van der Waals surface area contributed by atoms with Crippen LogP contribution in [0.5, 0.6) is 0 Å². The highest BCUT2D eigenvalue weighted by Gasteiger charge is 2.27. The summed E-state index contributed by atoms with van der Waals surface area (Å²) in [6.07, 6.45) is 2.02. The zero-order valence-corrected chi connectivity index (χ0v) is 10.4. The van der Waals surface area contributed by atoms with Gasteiger partial charge in [-0.15, -0.1) is 0 Å². The van der Waals surface area contributed by atoms with Crippen LogP contribution in [0.4, 0.5) is 4.79 Å². The number of aliphatic hydroxyl groups is 1. The Bertz CT molecular complexity index is 376. The highest BCUT2D eigenvalue weighted by Crippen LogP contribution is 2.29. The van der Waals surface area contributed by atoms with Gasteiger partial charge in [0.1, 0.15) is 6.61 Å². The summed E-state index contributed by atoms with van der Waals surface area (Å²) < 4.78 is 5.25. The van der Waals surface area contributed by atoms with Crippen LogP contribution in [-0.2, 0) is 11.3 Å². The first kappa shape index (κ1) is 12.9. The van der Waals surface area contributed by atoms with Gasteiger partial charge in [0.25, 0.3) is 0 Å². The van der Waals surface area contributed by atoms with E-state index in [1.807, 2.05) is 30.3 Å². The average Bonchev–Trinajstić information content (AvgIpc) is 3.21. The quantitative estimate of drug-likeness (QED) is 0.839. The molecule has 1 aliphatic rings. The number of ether oxygens (including phenoxy) is 1. The predicted octanol–water partition coefficient (Wildman–Crippen LogP) is 2.03. The van der Waals surface area contributed by atoms with Crippen LogP contribution in [-0.4, -0.2) is 35.8 Å². The Morgan fingerprint density at radius 1 is 1.33 bits per heavy atom. The molecule has 1 aliphatic carbocycles. The molecule has 0 bridgehead atoms. The molecular weight excluding hydrogens is 230 g/mol. The fraction of sp³-hybridized carbons (Fsp3) is 0.500. The second kappa shape index (κ2) is 6.40. The molecule has 0 atom stereocenters. The lowest BCUT2D eigenvalue weighted by Gasteiger charge is -2.20. The van der Waals surface area contributed by atoms with E-state index in [-0.39, 0.29) is 19.3 Å². The highest BCUT2D eigenvalue weighted by molar-refractivity contribution is 5.67. The van der Waals surface area contributed by atoms with Gasteiger partial charge in [-0.25, -0.2) is 4.79 Å². The van der Waals surface area contributed by atoms with Crippen molar-refractivity contribution in [3.8, 4) is 0 Å². The van der Waals surface area contributed by atoms with Gasteiger partial charge in [0, 0.05) is 13.1 Å². The zero-order valence-electron chi connectivity index (χ0n) is 10.4. The van der Waals surface area contributed by atoms with E-state index in [1.54, 1.807) is 4.90 Å². The molecule has 0 aromatic heterocycles. The van der Waals surface area contributed by atoms with Gasteiger partial charge < -0.3 is 14.7 Å². The SMILES string of the molecule is O=C(OCc1ccccc1)N(CCO)CC1CC1. The van der Waals surface area contributed by atoms with Gasteiger partial charge in [0.2, 0.25) is 0 Å². The van der Waals surface area contributed by atoms with Crippen LogP contribution in [0.2, 0.25) is 0 Å². The van der Waals surface area contributed by atoms with Crippen LogP contribution in [0, 0.1) is 5.92 Å². The minimum absolute atomic E-state index is 0.0207.